The predicted molar refractivity (Wildman–Crippen MR) is 135 cm³/mol. The van der Waals surface area contributed by atoms with E-state index in [1.165, 1.54) is 6.26 Å². The first kappa shape index (κ1) is 22.4. The number of amidine groups is 1. The van der Waals surface area contributed by atoms with Gasteiger partial charge in [0.2, 0.25) is 0 Å². The molecule has 0 aliphatic carbocycles. The molecule has 2 heterocycles. The van der Waals surface area contributed by atoms with Gasteiger partial charge in [0.25, 0.3) is 0 Å². The number of rotatable bonds is 5. The molecule has 3 aromatic carbocycles. The summed E-state index contributed by atoms with van der Waals surface area (Å²) in [4.78, 5) is 8.00. The molecule has 10 heteroatoms. The average Bonchev–Trinajstić information content (AvgIpc) is 3.37. The molecule has 0 bridgehead atoms. The highest BCUT2D eigenvalue weighted by molar-refractivity contribution is 7.90. The Labute approximate surface area is 201 Å². The van der Waals surface area contributed by atoms with Crippen LogP contribution >= 0.6 is 0 Å². The van der Waals surface area contributed by atoms with Crippen molar-refractivity contribution in [2.45, 2.75) is 4.90 Å². The van der Waals surface area contributed by atoms with E-state index in [0.717, 1.165) is 16.7 Å². The third-order valence-electron chi connectivity index (χ3n) is 5.81. The maximum absolute atomic E-state index is 11.7. The highest BCUT2D eigenvalue weighted by atomic mass is 32.2. The molecule has 0 amide bonds. The lowest BCUT2D eigenvalue weighted by Gasteiger charge is -2.05. The fraction of sp³-hybridized carbons (Fsp3) is 0.0800. The Morgan fingerprint density at radius 1 is 1.00 bits per heavy atom. The number of nitrogens with one attached hydrogen (secondary N) is 2. The third kappa shape index (κ3) is 4.04. The smallest absolute Gasteiger partial charge is 0.175 e. The van der Waals surface area contributed by atoms with Crippen LogP contribution in [-0.2, 0) is 16.9 Å². The number of fused-ring (bicyclic) bond motifs is 1. The summed E-state index contributed by atoms with van der Waals surface area (Å²) in [5.74, 6) is 0.397. The number of hydrogen-bond donors (Lipinski definition) is 4. The van der Waals surface area contributed by atoms with E-state index >= 15 is 0 Å². The number of sulfone groups is 1. The summed E-state index contributed by atoms with van der Waals surface area (Å²) in [5.41, 5.74) is 10.9. The summed E-state index contributed by atoms with van der Waals surface area (Å²) in [6.45, 7) is 0. The lowest BCUT2D eigenvalue weighted by Crippen LogP contribution is -2.10. The minimum atomic E-state index is -3.25. The summed E-state index contributed by atoms with van der Waals surface area (Å²) < 4.78 is 24.9. The number of H-pyrrole nitrogens is 1. The van der Waals surface area contributed by atoms with E-state index in [4.69, 9.17) is 11.1 Å². The number of aromatic hydroxyl groups is 1. The number of nitrogens with zero attached hydrogens (tertiary/aromatic N) is 3. The van der Waals surface area contributed by atoms with Crippen molar-refractivity contribution in [3.05, 3.63) is 72.3 Å². The van der Waals surface area contributed by atoms with Crippen molar-refractivity contribution in [3.8, 4) is 39.7 Å². The van der Waals surface area contributed by atoms with E-state index in [1.54, 1.807) is 54.2 Å². The maximum Gasteiger partial charge on any atom is 0.175 e. The first-order valence-corrected chi connectivity index (χ1v) is 12.5. The summed E-state index contributed by atoms with van der Waals surface area (Å²) in [6, 6.07) is 19.4. The fourth-order valence-electron chi connectivity index (χ4n) is 3.98. The molecule has 0 saturated carbocycles. The zero-order valence-electron chi connectivity index (χ0n) is 18.9. The Bertz CT molecular complexity index is 1700. The minimum Gasteiger partial charge on any atom is -0.504 e. The second-order valence-corrected chi connectivity index (χ2v) is 10.3. The van der Waals surface area contributed by atoms with Crippen molar-refractivity contribution in [2.24, 2.45) is 12.8 Å². The van der Waals surface area contributed by atoms with Gasteiger partial charge in [-0.15, -0.1) is 0 Å². The van der Waals surface area contributed by atoms with Crippen LogP contribution in [-0.4, -0.2) is 45.4 Å². The van der Waals surface area contributed by atoms with Crippen molar-refractivity contribution < 1.29 is 13.5 Å². The molecule has 0 aliphatic heterocycles. The van der Waals surface area contributed by atoms with Gasteiger partial charge in [0.15, 0.2) is 21.4 Å². The van der Waals surface area contributed by atoms with Crippen molar-refractivity contribution >= 4 is 26.7 Å². The van der Waals surface area contributed by atoms with Crippen LogP contribution in [0, 0.1) is 5.41 Å². The Morgan fingerprint density at radius 2 is 1.60 bits per heavy atom. The van der Waals surface area contributed by atoms with Crippen molar-refractivity contribution in [3.63, 3.8) is 0 Å². The van der Waals surface area contributed by atoms with Crippen molar-refractivity contribution in [1.29, 1.82) is 5.41 Å². The van der Waals surface area contributed by atoms with Crippen LogP contribution < -0.4 is 5.73 Å². The van der Waals surface area contributed by atoms with Crippen LogP contribution in [0.25, 0.3) is 44.9 Å². The molecule has 0 spiro atoms. The Kier molecular flexibility index (Phi) is 5.17. The minimum absolute atomic E-state index is 0.0106. The first-order valence-electron chi connectivity index (χ1n) is 10.6. The standard InChI is InChI=1S/C25H22N6O3S/c1-31-22(25-28-19-12-9-17(24(26)27)13-20(19)29-25)23(32)21(30-31)16-5-3-14(4-6-16)15-7-10-18(11-8-15)35(2,33)34/h3-13,32H,1-2H3,(H3,26,27)(H,28,29). The van der Waals surface area contributed by atoms with E-state index in [1.807, 2.05) is 24.3 Å². The number of aromatic amines is 1. The molecule has 0 aliphatic rings. The summed E-state index contributed by atoms with van der Waals surface area (Å²) in [6.07, 6.45) is 1.18. The second kappa shape index (κ2) is 8.10. The van der Waals surface area contributed by atoms with Crippen LogP contribution in [0.1, 0.15) is 5.56 Å². The maximum atomic E-state index is 11.7. The zero-order valence-corrected chi connectivity index (χ0v) is 19.8. The van der Waals surface area contributed by atoms with Gasteiger partial charge in [-0.3, -0.25) is 10.1 Å². The number of imidazole rings is 1. The molecule has 5 rings (SSSR count). The van der Waals surface area contributed by atoms with E-state index in [2.05, 4.69) is 15.1 Å². The van der Waals surface area contributed by atoms with Crippen LogP contribution in [0.2, 0.25) is 0 Å². The SMILES string of the molecule is Cn1nc(-c2ccc(-c3ccc(S(C)(=O)=O)cc3)cc2)c(O)c1-c1nc2ccc(C(=N)N)cc2[nH]1. The first-order chi connectivity index (χ1) is 16.6. The Hall–Kier alpha value is -4.44. The molecule has 5 N–H and O–H groups in total. The number of hydrogen-bond acceptors (Lipinski definition) is 6. The van der Waals surface area contributed by atoms with Gasteiger partial charge in [-0.25, -0.2) is 13.4 Å². The molecule has 0 unspecified atom stereocenters. The van der Waals surface area contributed by atoms with Gasteiger partial charge in [0.1, 0.15) is 17.2 Å². The molecule has 35 heavy (non-hydrogen) atoms. The molecule has 5 aromatic rings. The van der Waals surface area contributed by atoms with Crippen LogP contribution in [0.4, 0.5) is 0 Å². The van der Waals surface area contributed by atoms with Gasteiger partial charge in [-0.1, -0.05) is 36.4 Å². The second-order valence-electron chi connectivity index (χ2n) is 8.27. The zero-order chi connectivity index (χ0) is 24.9. The molecule has 9 nitrogen and oxygen atoms in total. The number of aryl methyl sites for hydroxylation is 1. The highest BCUT2D eigenvalue weighted by Gasteiger charge is 2.21. The molecule has 0 radical (unpaired) electrons. The lowest BCUT2D eigenvalue weighted by molar-refractivity contribution is 0.478. The van der Waals surface area contributed by atoms with Gasteiger partial charge >= 0.3 is 0 Å². The quantitative estimate of drug-likeness (QED) is 0.220. The van der Waals surface area contributed by atoms with Gasteiger partial charge in [-0.05, 0) is 41.5 Å². The molecule has 0 atom stereocenters. The Balaban J connectivity index is 1.48. The lowest BCUT2D eigenvalue weighted by atomic mass is 10.0. The summed E-state index contributed by atoms with van der Waals surface area (Å²) in [5, 5.41) is 23.1. The average molecular weight is 487 g/mol. The third-order valence-corrected chi connectivity index (χ3v) is 6.94. The summed E-state index contributed by atoms with van der Waals surface area (Å²) >= 11 is 0. The van der Waals surface area contributed by atoms with Crippen LogP contribution in [0.3, 0.4) is 0 Å². The predicted octanol–water partition coefficient (Wildman–Crippen LogP) is 3.69. The summed E-state index contributed by atoms with van der Waals surface area (Å²) in [7, 11) is -1.52. The molecule has 0 saturated heterocycles. The molecular weight excluding hydrogens is 464 g/mol. The molecular formula is C25H22N6O3S. The molecule has 0 fully saturated rings. The topological polar surface area (TPSA) is 151 Å². The fourth-order valence-corrected chi connectivity index (χ4v) is 4.61. The number of aromatic nitrogens is 4. The number of nitrogen functional groups attached to an aromatic ring is 1. The van der Waals surface area contributed by atoms with E-state index in [9.17, 15) is 13.5 Å². The van der Waals surface area contributed by atoms with E-state index < -0.39 is 9.84 Å². The van der Waals surface area contributed by atoms with Crippen LogP contribution in [0.15, 0.2) is 71.6 Å². The van der Waals surface area contributed by atoms with Gasteiger partial charge < -0.3 is 15.8 Å². The van der Waals surface area contributed by atoms with E-state index in [0.29, 0.717) is 33.8 Å². The Morgan fingerprint density at radius 3 is 2.20 bits per heavy atom. The van der Waals surface area contributed by atoms with Crippen molar-refractivity contribution in [2.75, 3.05) is 6.26 Å². The van der Waals surface area contributed by atoms with Gasteiger partial charge in [0, 0.05) is 24.4 Å². The number of nitrogens with two attached hydrogens (primary N) is 1. The van der Waals surface area contributed by atoms with Crippen LogP contribution in [0.5, 0.6) is 5.75 Å². The van der Waals surface area contributed by atoms with Crippen molar-refractivity contribution in [1.82, 2.24) is 19.7 Å². The highest BCUT2D eigenvalue weighted by Crippen LogP contribution is 2.37. The van der Waals surface area contributed by atoms with Gasteiger partial charge in [-0.2, -0.15) is 5.10 Å². The normalized spacial score (nSPS) is 11.7. The largest absolute Gasteiger partial charge is 0.504 e. The van der Waals surface area contributed by atoms with Gasteiger partial charge in [0.05, 0.1) is 15.9 Å². The molecule has 2 aromatic heterocycles. The number of benzene rings is 3. The molecule has 176 valence electrons. The van der Waals surface area contributed by atoms with E-state index in [-0.39, 0.29) is 16.5 Å². The monoisotopic (exact) mass is 486 g/mol.